The minimum absolute atomic E-state index is 0.324. The zero-order valence-electron chi connectivity index (χ0n) is 13.4. The Morgan fingerprint density at radius 2 is 1.75 bits per heavy atom. The quantitative estimate of drug-likeness (QED) is 0.294. The Morgan fingerprint density at radius 1 is 1.00 bits per heavy atom. The molecule has 1 heterocycles. The van der Waals surface area contributed by atoms with Crippen molar-refractivity contribution in [3.63, 3.8) is 0 Å². The van der Waals surface area contributed by atoms with Gasteiger partial charge in [0.1, 0.15) is 5.03 Å². The van der Waals surface area contributed by atoms with Crippen molar-refractivity contribution in [3.05, 3.63) is 94.8 Å². The molecular weight excluding hydrogens is 316 g/mol. The fourth-order valence-corrected chi connectivity index (χ4v) is 3.12. The summed E-state index contributed by atoms with van der Waals surface area (Å²) in [4.78, 5) is 5.53. The second-order valence-electron chi connectivity index (χ2n) is 5.50. The summed E-state index contributed by atoms with van der Waals surface area (Å²) >= 11 is 1.56. The highest BCUT2D eigenvalue weighted by Gasteiger charge is 2.07. The Balaban J connectivity index is 1.80. The maximum Gasteiger partial charge on any atom is 0.184 e. The lowest BCUT2D eigenvalue weighted by Gasteiger charge is -2.07. The SMILES string of the molecule is Cc1ccc(Sc2ncccc2/C=[N+](\[O-])Cc2ccccc2)cc1. The average Bonchev–Trinajstić information content (AvgIpc) is 2.59. The zero-order valence-corrected chi connectivity index (χ0v) is 14.2. The number of hydrogen-bond acceptors (Lipinski definition) is 3. The summed E-state index contributed by atoms with van der Waals surface area (Å²) in [6, 6.07) is 21.8. The molecule has 0 radical (unpaired) electrons. The Labute approximate surface area is 146 Å². The van der Waals surface area contributed by atoms with Crippen molar-refractivity contribution in [1.82, 2.24) is 4.98 Å². The fraction of sp³-hybridized carbons (Fsp3) is 0.100. The van der Waals surface area contributed by atoms with Gasteiger partial charge in [-0.2, -0.15) is 0 Å². The number of rotatable bonds is 5. The molecule has 3 rings (SSSR count). The summed E-state index contributed by atoms with van der Waals surface area (Å²) < 4.78 is 0.950. The molecule has 0 saturated heterocycles. The lowest BCUT2D eigenvalue weighted by atomic mass is 10.2. The predicted octanol–water partition coefficient (Wildman–Crippen LogP) is 4.67. The summed E-state index contributed by atoms with van der Waals surface area (Å²) in [6.45, 7) is 2.39. The van der Waals surface area contributed by atoms with Crippen LogP contribution in [0.3, 0.4) is 0 Å². The highest BCUT2D eigenvalue weighted by molar-refractivity contribution is 7.99. The third-order valence-corrected chi connectivity index (χ3v) is 4.54. The van der Waals surface area contributed by atoms with E-state index in [9.17, 15) is 5.21 Å². The van der Waals surface area contributed by atoms with Gasteiger partial charge in [0, 0.05) is 16.7 Å². The average molecular weight is 334 g/mol. The molecule has 3 aromatic rings. The highest BCUT2D eigenvalue weighted by Crippen LogP contribution is 2.28. The molecule has 0 unspecified atom stereocenters. The molecule has 0 aliphatic carbocycles. The van der Waals surface area contributed by atoms with Crippen molar-refractivity contribution < 1.29 is 4.74 Å². The molecule has 0 amide bonds. The van der Waals surface area contributed by atoms with Crippen LogP contribution in [0.2, 0.25) is 0 Å². The first-order valence-electron chi connectivity index (χ1n) is 7.73. The van der Waals surface area contributed by atoms with E-state index in [1.54, 1.807) is 24.2 Å². The van der Waals surface area contributed by atoms with Crippen LogP contribution in [0.4, 0.5) is 0 Å². The first-order valence-corrected chi connectivity index (χ1v) is 8.54. The van der Waals surface area contributed by atoms with Gasteiger partial charge in [-0.25, -0.2) is 9.72 Å². The van der Waals surface area contributed by atoms with Crippen molar-refractivity contribution >= 4 is 18.0 Å². The van der Waals surface area contributed by atoms with Crippen molar-refractivity contribution in [3.8, 4) is 0 Å². The van der Waals surface area contributed by atoms with Crippen LogP contribution >= 0.6 is 11.8 Å². The van der Waals surface area contributed by atoms with Gasteiger partial charge in [0.05, 0.1) is 5.56 Å². The molecule has 24 heavy (non-hydrogen) atoms. The molecular formula is C20H18N2OS. The molecule has 0 saturated carbocycles. The topological polar surface area (TPSA) is 39.0 Å². The monoisotopic (exact) mass is 334 g/mol. The van der Waals surface area contributed by atoms with E-state index >= 15 is 0 Å². The lowest BCUT2D eigenvalue weighted by molar-refractivity contribution is -0.469. The van der Waals surface area contributed by atoms with Gasteiger partial charge < -0.3 is 5.21 Å². The maximum absolute atomic E-state index is 12.3. The van der Waals surface area contributed by atoms with E-state index in [-0.39, 0.29) is 0 Å². The molecule has 0 bridgehead atoms. The zero-order chi connectivity index (χ0) is 16.8. The minimum Gasteiger partial charge on any atom is -0.624 e. The Kier molecular flexibility index (Phi) is 5.29. The summed E-state index contributed by atoms with van der Waals surface area (Å²) in [7, 11) is 0. The summed E-state index contributed by atoms with van der Waals surface area (Å²) in [5.41, 5.74) is 3.04. The van der Waals surface area contributed by atoms with Gasteiger partial charge >= 0.3 is 0 Å². The second kappa shape index (κ2) is 7.79. The first-order chi connectivity index (χ1) is 11.7. The van der Waals surface area contributed by atoms with Crippen LogP contribution in [0.15, 0.2) is 82.8 Å². The number of benzene rings is 2. The number of hydrogen-bond donors (Lipinski definition) is 0. The van der Waals surface area contributed by atoms with Crippen LogP contribution in [0, 0.1) is 12.1 Å². The van der Waals surface area contributed by atoms with Gasteiger partial charge in [0.2, 0.25) is 0 Å². The molecule has 0 spiro atoms. The normalized spacial score (nSPS) is 11.5. The highest BCUT2D eigenvalue weighted by atomic mass is 32.2. The van der Waals surface area contributed by atoms with Crippen LogP contribution in [-0.4, -0.2) is 15.9 Å². The van der Waals surface area contributed by atoms with E-state index in [1.807, 2.05) is 42.5 Å². The molecule has 0 atom stereocenters. The Morgan fingerprint density at radius 3 is 2.50 bits per heavy atom. The van der Waals surface area contributed by atoms with E-state index < -0.39 is 0 Å². The molecule has 0 aliphatic heterocycles. The summed E-state index contributed by atoms with van der Waals surface area (Å²) in [5.74, 6) is 0. The lowest BCUT2D eigenvalue weighted by Crippen LogP contribution is -2.06. The molecule has 0 N–H and O–H groups in total. The van der Waals surface area contributed by atoms with E-state index in [1.165, 1.54) is 5.56 Å². The smallest absolute Gasteiger partial charge is 0.184 e. The second-order valence-corrected chi connectivity index (χ2v) is 6.57. The fourth-order valence-electron chi connectivity index (χ4n) is 2.27. The first kappa shape index (κ1) is 16.3. The van der Waals surface area contributed by atoms with Crippen molar-refractivity contribution in [2.75, 3.05) is 0 Å². The number of pyridine rings is 1. The van der Waals surface area contributed by atoms with Crippen molar-refractivity contribution in [1.29, 1.82) is 0 Å². The van der Waals surface area contributed by atoms with Crippen LogP contribution in [0.1, 0.15) is 16.7 Å². The van der Waals surface area contributed by atoms with Crippen molar-refractivity contribution in [2.45, 2.75) is 23.4 Å². The standard InChI is InChI=1S/C20H18N2OS/c1-16-9-11-19(12-10-16)24-20-18(8-5-13-21-20)15-22(23)14-17-6-3-2-4-7-17/h2-13,15H,14H2,1H3/b22-15-. The number of aromatic nitrogens is 1. The molecule has 1 aromatic heterocycles. The maximum atomic E-state index is 12.3. The van der Waals surface area contributed by atoms with E-state index in [2.05, 4.69) is 36.2 Å². The van der Waals surface area contributed by atoms with E-state index in [0.717, 1.165) is 25.8 Å². The molecule has 3 nitrogen and oxygen atoms in total. The number of nitrogens with zero attached hydrogens (tertiary/aromatic N) is 2. The molecule has 0 fully saturated rings. The van der Waals surface area contributed by atoms with E-state index in [0.29, 0.717) is 6.54 Å². The van der Waals surface area contributed by atoms with Gasteiger partial charge in [-0.05, 0) is 31.2 Å². The Hall–Kier alpha value is -2.59. The minimum atomic E-state index is 0.324. The molecule has 120 valence electrons. The summed E-state index contributed by atoms with van der Waals surface area (Å²) in [5, 5.41) is 13.1. The van der Waals surface area contributed by atoms with Crippen LogP contribution in [-0.2, 0) is 6.54 Å². The predicted molar refractivity (Wildman–Crippen MR) is 98.5 cm³/mol. The van der Waals surface area contributed by atoms with Crippen LogP contribution in [0.5, 0.6) is 0 Å². The van der Waals surface area contributed by atoms with Gasteiger partial charge in [-0.3, -0.25) is 0 Å². The van der Waals surface area contributed by atoms with E-state index in [4.69, 9.17) is 0 Å². The molecule has 4 heteroatoms. The van der Waals surface area contributed by atoms with Gasteiger partial charge in [-0.1, -0.05) is 59.8 Å². The molecule has 2 aromatic carbocycles. The number of hydroxylamine groups is 1. The van der Waals surface area contributed by atoms with Gasteiger partial charge in [0.25, 0.3) is 0 Å². The number of aryl methyl sites for hydroxylation is 1. The third-order valence-electron chi connectivity index (χ3n) is 3.50. The summed E-state index contributed by atoms with van der Waals surface area (Å²) in [6.07, 6.45) is 3.36. The van der Waals surface area contributed by atoms with Crippen LogP contribution < -0.4 is 0 Å². The van der Waals surface area contributed by atoms with Crippen molar-refractivity contribution in [2.24, 2.45) is 0 Å². The van der Waals surface area contributed by atoms with Gasteiger partial charge in [0.15, 0.2) is 12.8 Å². The largest absolute Gasteiger partial charge is 0.624 e. The van der Waals surface area contributed by atoms with Gasteiger partial charge in [-0.15, -0.1) is 0 Å². The Bertz CT molecular complexity index is 830. The van der Waals surface area contributed by atoms with Crippen LogP contribution in [0.25, 0.3) is 0 Å². The molecule has 0 aliphatic rings. The third kappa shape index (κ3) is 4.46.